The van der Waals surface area contributed by atoms with Gasteiger partial charge in [0.05, 0.1) is 18.2 Å². The Morgan fingerprint density at radius 2 is 2.25 bits per heavy atom. The minimum atomic E-state index is -0.632. The number of nitrogens with zero attached hydrogens (tertiary/aromatic N) is 2. The standard InChI is InChI=1S/C9H5FN2/c1-6-3-9(12-2)8(10)4-7(6)5-11/h3-4H,1H3. The van der Waals surface area contributed by atoms with E-state index in [0.717, 1.165) is 6.07 Å². The largest absolute Gasteiger partial charge is 0.235 e. The quantitative estimate of drug-likeness (QED) is 0.536. The van der Waals surface area contributed by atoms with Crippen LogP contribution < -0.4 is 0 Å². The molecule has 0 aliphatic heterocycles. The molecule has 0 atom stereocenters. The molecule has 3 heteroatoms. The summed E-state index contributed by atoms with van der Waals surface area (Å²) >= 11 is 0. The Morgan fingerprint density at radius 3 is 2.75 bits per heavy atom. The second-order valence-corrected chi connectivity index (χ2v) is 2.34. The van der Waals surface area contributed by atoms with Crippen LogP contribution >= 0.6 is 0 Å². The van der Waals surface area contributed by atoms with Crippen molar-refractivity contribution in [3.8, 4) is 6.07 Å². The van der Waals surface area contributed by atoms with E-state index < -0.39 is 5.82 Å². The summed E-state index contributed by atoms with van der Waals surface area (Å²) in [4.78, 5) is 2.97. The molecule has 0 radical (unpaired) electrons. The fourth-order valence-corrected chi connectivity index (χ4v) is 0.872. The second-order valence-electron chi connectivity index (χ2n) is 2.34. The van der Waals surface area contributed by atoms with Gasteiger partial charge in [-0.2, -0.15) is 5.26 Å². The predicted molar refractivity (Wildman–Crippen MR) is 42.1 cm³/mol. The van der Waals surface area contributed by atoms with Crippen molar-refractivity contribution in [2.45, 2.75) is 6.92 Å². The minimum absolute atomic E-state index is 0.0356. The third-order valence-corrected chi connectivity index (χ3v) is 1.53. The number of nitriles is 1. The molecule has 0 aliphatic carbocycles. The molecule has 2 nitrogen and oxygen atoms in total. The summed E-state index contributed by atoms with van der Waals surface area (Å²) in [6.07, 6.45) is 0. The zero-order valence-electron chi connectivity index (χ0n) is 6.43. The van der Waals surface area contributed by atoms with E-state index in [1.807, 2.05) is 6.07 Å². The summed E-state index contributed by atoms with van der Waals surface area (Å²) in [5.74, 6) is -0.632. The summed E-state index contributed by atoms with van der Waals surface area (Å²) in [7, 11) is 0. The van der Waals surface area contributed by atoms with Crippen LogP contribution in [0.15, 0.2) is 12.1 Å². The van der Waals surface area contributed by atoms with Crippen molar-refractivity contribution in [3.63, 3.8) is 0 Å². The van der Waals surface area contributed by atoms with Crippen LogP contribution in [0.25, 0.3) is 4.85 Å². The molecule has 0 bridgehead atoms. The smallest absolute Gasteiger partial charge is 0.222 e. The maximum absolute atomic E-state index is 12.9. The van der Waals surface area contributed by atoms with E-state index in [1.165, 1.54) is 6.07 Å². The van der Waals surface area contributed by atoms with Crippen LogP contribution in [0.1, 0.15) is 11.1 Å². The Hall–Kier alpha value is -1.87. The normalized spacial score (nSPS) is 8.67. The number of benzene rings is 1. The van der Waals surface area contributed by atoms with Gasteiger partial charge in [-0.3, -0.25) is 0 Å². The molecule has 0 N–H and O–H groups in total. The molecule has 0 heterocycles. The SMILES string of the molecule is [C-]#[N+]c1cc(C)c(C#N)cc1F. The zero-order chi connectivity index (χ0) is 9.14. The maximum Gasteiger partial charge on any atom is 0.222 e. The van der Waals surface area contributed by atoms with Gasteiger partial charge in [0.15, 0.2) is 0 Å². The van der Waals surface area contributed by atoms with Crippen LogP contribution in [0.2, 0.25) is 0 Å². The number of halogens is 1. The summed E-state index contributed by atoms with van der Waals surface area (Å²) < 4.78 is 12.9. The Labute approximate surface area is 69.7 Å². The first kappa shape index (κ1) is 8.23. The highest BCUT2D eigenvalue weighted by molar-refractivity contribution is 5.53. The molecular formula is C9H5FN2. The predicted octanol–water partition coefficient (Wildman–Crippen LogP) is 2.56. The van der Waals surface area contributed by atoms with Crippen molar-refractivity contribution < 1.29 is 4.39 Å². The van der Waals surface area contributed by atoms with E-state index in [9.17, 15) is 4.39 Å². The van der Waals surface area contributed by atoms with Crippen LogP contribution in [0, 0.1) is 30.6 Å². The lowest BCUT2D eigenvalue weighted by molar-refractivity contribution is 0.633. The maximum atomic E-state index is 12.9. The molecule has 0 spiro atoms. The molecule has 0 fully saturated rings. The third kappa shape index (κ3) is 1.26. The van der Waals surface area contributed by atoms with E-state index in [1.54, 1.807) is 6.92 Å². The topological polar surface area (TPSA) is 28.1 Å². The lowest BCUT2D eigenvalue weighted by Gasteiger charge is -1.98. The molecule has 0 saturated carbocycles. The van der Waals surface area contributed by atoms with Gasteiger partial charge in [-0.05, 0) is 24.6 Å². The Balaban J connectivity index is 3.41. The van der Waals surface area contributed by atoms with Gasteiger partial charge in [0.25, 0.3) is 0 Å². The van der Waals surface area contributed by atoms with Crippen molar-refractivity contribution in [1.29, 1.82) is 5.26 Å². The number of aryl methyl sites for hydroxylation is 1. The van der Waals surface area contributed by atoms with Crippen LogP contribution in [0.5, 0.6) is 0 Å². The van der Waals surface area contributed by atoms with Gasteiger partial charge in [0.1, 0.15) is 5.82 Å². The van der Waals surface area contributed by atoms with Gasteiger partial charge in [-0.25, -0.2) is 9.24 Å². The van der Waals surface area contributed by atoms with Crippen LogP contribution in [-0.2, 0) is 0 Å². The number of hydrogen-bond donors (Lipinski definition) is 0. The van der Waals surface area contributed by atoms with Crippen LogP contribution in [0.3, 0.4) is 0 Å². The molecule has 0 aliphatic rings. The monoisotopic (exact) mass is 160 g/mol. The van der Waals surface area contributed by atoms with Gasteiger partial charge in [-0.1, -0.05) is 0 Å². The van der Waals surface area contributed by atoms with Gasteiger partial charge in [-0.15, -0.1) is 0 Å². The molecule has 1 aromatic carbocycles. The van der Waals surface area contributed by atoms with Gasteiger partial charge >= 0.3 is 0 Å². The molecule has 0 saturated heterocycles. The lowest BCUT2D eigenvalue weighted by atomic mass is 10.1. The minimum Gasteiger partial charge on any atom is -0.235 e. The second kappa shape index (κ2) is 3.02. The molecule has 0 aromatic heterocycles. The fourth-order valence-electron chi connectivity index (χ4n) is 0.872. The van der Waals surface area contributed by atoms with Gasteiger partial charge in [0.2, 0.25) is 5.69 Å². The van der Waals surface area contributed by atoms with E-state index in [4.69, 9.17) is 11.8 Å². The first-order valence-electron chi connectivity index (χ1n) is 3.26. The van der Waals surface area contributed by atoms with Crippen molar-refractivity contribution in [3.05, 3.63) is 40.5 Å². The van der Waals surface area contributed by atoms with E-state index >= 15 is 0 Å². The lowest BCUT2D eigenvalue weighted by Crippen LogP contribution is -1.84. The van der Waals surface area contributed by atoms with Crippen LogP contribution in [0.4, 0.5) is 10.1 Å². The molecular weight excluding hydrogens is 155 g/mol. The Bertz CT molecular complexity index is 356. The summed E-state index contributed by atoms with van der Waals surface area (Å²) in [5.41, 5.74) is 0.872. The molecule has 12 heavy (non-hydrogen) atoms. The summed E-state index contributed by atoms with van der Waals surface area (Å²) in [6.45, 7) is 8.28. The fraction of sp³-hybridized carbons (Fsp3) is 0.111. The average Bonchev–Trinajstić information content (AvgIpc) is 2.08. The molecule has 0 unspecified atom stereocenters. The summed E-state index contributed by atoms with van der Waals surface area (Å²) in [6, 6.07) is 4.31. The van der Waals surface area contributed by atoms with E-state index in [-0.39, 0.29) is 11.3 Å². The first-order valence-corrected chi connectivity index (χ1v) is 3.26. The van der Waals surface area contributed by atoms with E-state index in [2.05, 4.69) is 4.85 Å². The molecule has 1 aromatic rings. The van der Waals surface area contributed by atoms with Crippen molar-refractivity contribution >= 4 is 5.69 Å². The van der Waals surface area contributed by atoms with Crippen molar-refractivity contribution in [1.82, 2.24) is 0 Å². The van der Waals surface area contributed by atoms with Crippen molar-refractivity contribution in [2.75, 3.05) is 0 Å². The number of hydrogen-bond acceptors (Lipinski definition) is 1. The van der Waals surface area contributed by atoms with E-state index in [0.29, 0.717) is 5.56 Å². The van der Waals surface area contributed by atoms with Gasteiger partial charge in [0, 0.05) is 0 Å². The third-order valence-electron chi connectivity index (χ3n) is 1.53. The Morgan fingerprint density at radius 1 is 1.58 bits per heavy atom. The zero-order valence-corrected chi connectivity index (χ0v) is 6.43. The molecule has 0 amide bonds. The van der Waals surface area contributed by atoms with Gasteiger partial charge < -0.3 is 0 Å². The highest BCUT2D eigenvalue weighted by Gasteiger charge is 2.05. The first-order chi connectivity index (χ1) is 5.69. The van der Waals surface area contributed by atoms with Crippen LogP contribution in [-0.4, -0.2) is 0 Å². The molecule has 58 valence electrons. The summed E-state index contributed by atoms with van der Waals surface area (Å²) in [5, 5.41) is 8.51. The molecule has 1 rings (SSSR count). The van der Waals surface area contributed by atoms with Crippen molar-refractivity contribution in [2.24, 2.45) is 0 Å². The highest BCUT2D eigenvalue weighted by Crippen LogP contribution is 2.21. The Kier molecular flexibility index (Phi) is 2.07. The highest BCUT2D eigenvalue weighted by atomic mass is 19.1. The average molecular weight is 160 g/mol. The number of rotatable bonds is 0.